The summed E-state index contributed by atoms with van der Waals surface area (Å²) in [6.45, 7) is 6.53. The molecule has 2 atom stereocenters. The molecule has 0 aliphatic rings. The van der Waals surface area contributed by atoms with E-state index < -0.39 is 0 Å². The molecule has 0 aliphatic carbocycles. The maximum absolute atomic E-state index is 12.2. The zero-order valence-corrected chi connectivity index (χ0v) is 13.0. The van der Waals surface area contributed by atoms with Crippen LogP contribution in [0.1, 0.15) is 40.0 Å². The molecule has 0 rings (SSSR count). The maximum atomic E-state index is 12.2. The summed E-state index contributed by atoms with van der Waals surface area (Å²) in [5.74, 6) is -0.0333. The van der Waals surface area contributed by atoms with Gasteiger partial charge in [-0.05, 0) is 26.7 Å². The van der Waals surface area contributed by atoms with Gasteiger partial charge < -0.3 is 15.5 Å². The lowest BCUT2D eigenvalue weighted by Crippen LogP contribution is -2.42. The van der Waals surface area contributed by atoms with Crippen molar-refractivity contribution in [2.24, 2.45) is 11.7 Å². The highest BCUT2D eigenvalue weighted by Gasteiger charge is 2.21. The molecule has 0 aromatic rings. The summed E-state index contributed by atoms with van der Waals surface area (Å²) in [6, 6.07) is 0.180. The molecule has 0 spiro atoms. The van der Waals surface area contributed by atoms with Gasteiger partial charge in [0.05, 0.1) is 6.54 Å². The van der Waals surface area contributed by atoms with E-state index in [0.717, 1.165) is 19.3 Å². The smallest absolute Gasteiger partial charge is 0.241 e. The minimum absolute atomic E-state index is 0.0435. The van der Waals surface area contributed by atoms with E-state index in [9.17, 15) is 9.59 Å². The van der Waals surface area contributed by atoms with Gasteiger partial charge in [-0.2, -0.15) is 0 Å². The van der Waals surface area contributed by atoms with Crippen LogP contribution in [0.25, 0.3) is 0 Å². The van der Waals surface area contributed by atoms with Crippen LogP contribution in [-0.2, 0) is 9.59 Å². The van der Waals surface area contributed by atoms with E-state index >= 15 is 0 Å². The lowest BCUT2D eigenvalue weighted by Gasteiger charge is -2.25. The third kappa shape index (κ3) is 7.15. The van der Waals surface area contributed by atoms with Crippen LogP contribution < -0.4 is 5.73 Å². The second-order valence-electron chi connectivity index (χ2n) is 5.45. The number of likely N-dealkylation sites (N-methyl/N-ethyl adjacent to an activating group) is 2. The summed E-state index contributed by atoms with van der Waals surface area (Å²) in [4.78, 5) is 27.0. The molecule has 0 radical (unpaired) electrons. The maximum Gasteiger partial charge on any atom is 0.241 e. The standard InChI is InChI=1S/C14H29N3O2/c1-6-17(10-13(18)16(4)5)14(19)11(2)8-7-9-12(3)15/h11-12H,6-10,15H2,1-5H3. The molecule has 19 heavy (non-hydrogen) atoms. The average Bonchev–Trinajstić information content (AvgIpc) is 2.33. The summed E-state index contributed by atoms with van der Waals surface area (Å²) in [7, 11) is 3.40. The number of hydrogen-bond acceptors (Lipinski definition) is 3. The Morgan fingerprint density at radius 3 is 2.16 bits per heavy atom. The van der Waals surface area contributed by atoms with Gasteiger partial charge in [0.25, 0.3) is 0 Å². The first-order chi connectivity index (χ1) is 8.79. The van der Waals surface area contributed by atoms with Gasteiger partial charge in [0.1, 0.15) is 0 Å². The lowest BCUT2D eigenvalue weighted by atomic mass is 10.0. The molecule has 112 valence electrons. The van der Waals surface area contributed by atoms with Crippen molar-refractivity contribution in [3.8, 4) is 0 Å². The average molecular weight is 271 g/mol. The number of nitrogens with two attached hydrogens (primary N) is 1. The fraction of sp³-hybridized carbons (Fsp3) is 0.857. The van der Waals surface area contributed by atoms with Crippen LogP contribution in [0, 0.1) is 5.92 Å². The monoisotopic (exact) mass is 271 g/mol. The predicted octanol–water partition coefficient (Wildman–Crippen LogP) is 1.08. The highest BCUT2D eigenvalue weighted by molar-refractivity contribution is 5.85. The topological polar surface area (TPSA) is 66.6 Å². The highest BCUT2D eigenvalue weighted by atomic mass is 16.2. The van der Waals surface area contributed by atoms with Crippen molar-refractivity contribution in [3.63, 3.8) is 0 Å². The normalized spacial score (nSPS) is 13.8. The Morgan fingerprint density at radius 2 is 1.74 bits per heavy atom. The number of carbonyl (C=O) groups excluding carboxylic acids is 2. The quantitative estimate of drug-likeness (QED) is 0.718. The highest BCUT2D eigenvalue weighted by Crippen LogP contribution is 2.12. The van der Waals surface area contributed by atoms with Crippen molar-refractivity contribution in [2.75, 3.05) is 27.2 Å². The Bertz CT molecular complexity index is 290. The number of carbonyl (C=O) groups is 2. The van der Waals surface area contributed by atoms with Gasteiger partial charge >= 0.3 is 0 Å². The molecule has 2 N–H and O–H groups in total. The first-order valence-corrected chi connectivity index (χ1v) is 7.04. The van der Waals surface area contributed by atoms with Crippen LogP contribution in [0.5, 0.6) is 0 Å². The number of nitrogens with zero attached hydrogens (tertiary/aromatic N) is 2. The van der Waals surface area contributed by atoms with Gasteiger partial charge in [0.2, 0.25) is 11.8 Å². The summed E-state index contributed by atoms with van der Waals surface area (Å²) in [5, 5.41) is 0. The van der Waals surface area contributed by atoms with Crippen molar-refractivity contribution < 1.29 is 9.59 Å². The molecule has 5 nitrogen and oxygen atoms in total. The van der Waals surface area contributed by atoms with E-state index in [1.54, 1.807) is 19.0 Å². The predicted molar refractivity (Wildman–Crippen MR) is 77.6 cm³/mol. The minimum atomic E-state index is -0.0475. The van der Waals surface area contributed by atoms with E-state index in [2.05, 4.69) is 0 Å². The molecule has 2 amide bonds. The minimum Gasteiger partial charge on any atom is -0.347 e. The Labute approximate surface area is 117 Å². The molecule has 0 aliphatic heterocycles. The van der Waals surface area contributed by atoms with Crippen LogP contribution >= 0.6 is 0 Å². The van der Waals surface area contributed by atoms with Gasteiger partial charge in [-0.15, -0.1) is 0 Å². The van der Waals surface area contributed by atoms with Crippen LogP contribution in [0.2, 0.25) is 0 Å². The fourth-order valence-corrected chi connectivity index (χ4v) is 1.83. The first-order valence-electron chi connectivity index (χ1n) is 7.04. The van der Waals surface area contributed by atoms with E-state index in [0.29, 0.717) is 6.54 Å². The third-order valence-corrected chi connectivity index (χ3v) is 3.24. The van der Waals surface area contributed by atoms with Gasteiger partial charge in [-0.25, -0.2) is 0 Å². The molecular weight excluding hydrogens is 242 g/mol. The fourth-order valence-electron chi connectivity index (χ4n) is 1.83. The summed E-state index contributed by atoms with van der Waals surface area (Å²) in [5.41, 5.74) is 5.69. The zero-order valence-electron chi connectivity index (χ0n) is 13.0. The Morgan fingerprint density at radius 1 is 1.16 bits per heavy atom. The molecule has 0 aromatic carbocycles. The van der Waals surface area contributed by atoms with Crippen molar-refractivity contribution in [1.29, 1.82) is 0 Å². The van der Waals surface area contributed by atoms with E-state index in [4.69, 9.17) is 5.73 Å². The van der Waals surface area contributed by atoms with Crippen LogP contribution in [0.4, 0.5) is 0 Å². The van der Waals surface area contributed by atoms with Gasteiger partial charge in [-0.3, -0.25) is 9.59 Å². The SMILES string of the molecule is CCN(CC(=O)N(C)C)C(=O)C(C)CCCC(C)N. The Kier molecular flexibility index (Phi) is 8.39. The largest absolute Gasteiger partial charge is 0.347 e. The third-order valence-electron chi connectivity index (χ3n) is 3.24. The van der Waals surface area contributed by atoms with Crippen LogP contribution in [0.3, 0.4) is 0 Å². The zero-order chi connectivity index (χ0) is 15.0. The molecule has 0 bridgehead atoms. The molecule has 0 heterocycles. The Hall–Kier alpha value is -1.10. The van der Waals surface area contributed by atoms with Crippen molar-refractivity contribution in [3.05, 3.63) is 0 Å². The second-order valence-corrected chi connectivity index (χ2v) is 5.45. The summed E-state index contributed by atoms with van der Waals surface area (Å²) in [6.07, 6.45) is 2.71. The van der Waals surface area contributed by atoms with Crippen LogP contribution in [0.15, 0.2) is 0 Å². The number of rotatable bonds is 8. The van der Waals surface area contributed by atoms with Gasteiger partial charge in [0.15, 0.2) is 0 Å². The van der Waals surface area contributed by atoms with E-state index in [-0.39, 0.29) is 30.3 Å². The van der Waals surface area contributed by atoms with Crippen molar-refractivity contribution in [1.82, 2.24) is 9.80 Å². The summed E-state index contributed by atoms with van der Waals surface area (Å²) < 4.78 is 0. The second kappa shape index (κ2) is 8.91. The molecule has 0 aromatic heterocycles. The molecule has 5 heteroatoms. The van der Waals surface area contributed by atoms with Crippen LogP contribution in [-0.4, -0.2) is 54.8 Å². The molecular formula is C14H29N3O2. The molecule has 0 saturated carbocycles. The van der Waals surface area contributed by atoms with E-state index in [1.807, 2.05) is 20.8 Å². The lowest BCUT2D eigenvalue weighted by molar-refractivity contribution is -0.141. The van der Waals surface area contributed by atoms with Crippen molar-refractivity contribution in [2.45, 2.75) is 46.1 Å². The first kappa shape index (κ1) is 17.9. The van der Waals surface area contributed by atoms with E-state index in [1.165, 1.54) is 4.90 Å². The molecule has 2 unspecified atom stereocenters. The Balaban J connectivity index is 4.29. The number of hydrogen-bond donors (Lipinski definition) is 1. The molecule has 0 fully saturated rings. The summed E-state index contributed by atoms with van der Waals surface area (Å²) >= 11 is 0. The van der Waals surface area contributed by atoms with Gasteiger partial charge in [-0.1, -0.05) is 13.3 Å². The van der Waals surface area contributed by atoms with Crippen molar-refractivity contribution >= 4 is 11.8 Å². The number of amides is 2. The molecule has 0 saturated heterocycles. The van der Waals surface area contributed by atoms with Gasteiger partial charge in [0, 0.05) is 32.6 Å².